The molecule has 1 rings (SSSR count). The second-order valence-electron chi connectivity index (χ2n) is 3.50. The molecule has 1 aromatic rings. The van der Waals surface area contributed by atoms with Crippen molar-refractivity contribution in [3.63, 3.8) is 0 Å². The number of hydrogen-bond donors (Lipinski definition) is 1. The summed E-state index contributed by atoms with van der Waals surface area (Å²) in [5.74, 6) is -3.45. The molecule has 0 aromatic heterocycles. The molecule has 1 amide bonds. The number of alkyl halides is 6. The summed E-state index contributed by atoms with van der Waals surface area (Å²) in [6.45, 7) is -1.86. The Balaban J connectivity index is 2.84. The molecule has 0 saturated heterocycles. The van der Waals surface area contributed by atoms with Crippen LogP contribution in [0.25, 0.3) is 0 Å². The molecule has 0 bridgehead atoms. The van der Waals surface area contributed by atoms with Crippen LogP contribution in [0.3, 0.4) is 0 Å². The van der Waals surface area contributed by atoms with Crippen molar-refractivity contribution in [2.24, 2.45) is 0 Å². The Morgan fingerprint density at radius 3 is 2.25 bits per heavy atom. The quantitative estimate of drug-likeness (QED) is 0.688. The van der Waals surface area contributed by atoms with Gasteiger partial charge < -0.3 is 0 Å². The summed E-state index contributed by atoms with van der Waals surface area (Å²) >= 11 is 0. The molecule has 1 N–H and O–H groups in total. The number of carbonyl (C=O) groups excluding carboxylic acids is 1. The molecule has 3 nitrogen and oxygen atoms in total. The molecule has 0 aliphatic heterocycles. The summed E-state index contributed by atoms with van der Waals surface area (Å²) in [7, 11) is 0. The number of hydroxylamine groups is 1. The lowest BCUT2D eigenvalue weighted by molar-refractivity contribution is -0.184. The third-order valence-electron chi connectivity index (χ3n) is 1.95. The fourth-order valence-electron chi connectivity index (χ4n) is 1.16. The van der Waals surface area contributed by atoms with E-state index >= 15 is 0 Å². The molecule has 0 aliphatic rings. The lowest BCUT2D eigenvalue weighted by atomic mass is 10.1. The Morgan fingerprint density at radius 2 is 1.75 bits per heavy atom. The third kappa shape index (κ3) is 4.37. The topological polar surface area (TPSA) is 38.3 Å². The van der Waals surface area contributed by atoms with Gasteiger partial charge in [-0.1, -0.05) is 6.07 Å². The summed E-state index contributed by atoms with van der Waals surface area (Å²) in [6, 6.07) is 1.81. The molecule has 112 valence electrons. The highest BCUT2D eigenvalue weighted by Crippen LogP contribution is 2.32. The van der Waals surface area contributed by atoms with Gasteiger partial charge in [0, 0.05) is 0 Å². The van der Waals surface area contributed by atoms with E-state index in [1.807, 2.05) is 0 Å². The average Bonchev–Trinajstić information content (AvgIpc) is 2.25. The van der Waals surface area contributed by atoms with Crippen LogP contribution in [0.5, 0.6) is 0 Å². The van der Waals surface area contributed by atoms with Crippen molar-refractivity contribution in [1.82, 2.24) is 5.48 Å². The largest absolute Gasteiger partial charge is 0.419 e. The molecule has 0 aliphatic carbocycles. The highest BCUT2D eigenvalue weighted by Gasteiger charge is 2.36. The van der Waals surface area contributed by atoms with E-state index in [2.05, 4.69) is 4.84 Å². The number of carbonyl (C=O) groups is 1. The van der Waals surface area contributed by atoms with Gasteiger partial charge in [-0.05, 0) is 12.1 Å². The summed E-state index contributed by atoms with van der Waals surface area (Å²) in [5.41, 5.74) is -1.58. The summed E-state index contributed by atoms with van der Waals surface area (Å²) in [4.78, 5) is 14.9. The van der Waals surface area contributed by atoms with E-state index in [1.165, 1.54) is 5.48 Å². The Hall–Kier alpha value is -1.84. The van der Waals surface area contributed by atoms with Crippen LogP contribution in [0.2, 0.25) is 0 Å². The molecule has 10 heteroatoms. The first kappa shape index (κ1) is 16.2. The molecule has 0 unspecified atom stereocenters. The van der Waals surface area contributed by atoms with Crippen LogP contribution >= 0.6 is 0 Å². The first-order valence-electron chi connectivity index (χ1n) is 4.87. The van der Waals surface area contributed by atoms with Crippen molar-refractivity contribution in [3.8, 4) is 0 Å². The number of halogens is 7. The second kappa shape index (κ2) is 5.65. The minimum absolute atomic E-state index is 0.392. The Bertz CT molecular complexity index is 495. The second-order valence-corrected chi connectivity index (χ2v) is 3.50. The van der Waals surface area contributed by atoms with Crippen LogP contribution in [-0.2, 0) is 11.0 Å². The van der Waals surface area contributed by atoms with Gasteiger partial charge in [0.2, 0.25) is 0 Å². The van der Waals surface area contributed by atoms with E-state index in [1.54, 1.807) is 0 Å². The molecule has 0 saturated carbocycles. The van der Waals surface area contributed by atoms with Gasteiger partial charge in [-0.2, -0.15) is 26.3 Å². The summed E-state index contributed by atoms with van der Waals surface area (Å²) in [5, 5.41) is 0. The highest BCUT2D eigenvalue weighted by atomic mass is 19.4. The van der Waals surface area contributed by atoms with E-state index in [-0.39, 0.29) is 0 Å². The smallest absolute Gasteiger partial charge is 0.267 e. The fourth-order valence-corrected chi connectivity index (χ4v) is 1.16. The zero-order chi connectivity index (χ0) is 15.6. The monoisotopic (exact) mass is 305 g/mol. The third-order valence-corrected chi connectivity index (χ3v) is 1.95. The maximum absolute atomic E-state index is 13.4. The summed E-state index contributed by atoms with van der Waals surface area (Å²) in [6.07, 6.45) is -9.78. The van der Waals surface area contributed by atoms with Gasteiger partial charge in [0.1, 0.15) is 5.82 Å². The number of benzene rings is 1. The molecular weight excluding hydrogens is 299 g/mol. The van der Waals surface area contributed by atoms with Crippen molar-refractivity contribution in [2.75, 3.05) is 6.61 Å². The number of amides is 1. The van der Waals surface area contributed by atoms with Crippen molar-refractivity contribution in [2.45, 2.75) is 12.4 Å². The molecule has 0 radical (unpaired) electrons. The van der Waals surface area contributed by atoms with Crippen LogP contribution in [0, 0.1) is 5.82 Å². The van der Waals surface area contributed by atoms with Crippen molar-refractivity contribution >= 4 is 5.91 Å². The van der Waals surface area contributed by atoms with E-state index in [4.69, 9.17) is 0 Å². The minimum Gasteiger partial charge on any atom is -0.267 e. The van der Waals surface area contributed by atoms with E-state index in [0.29, 0.717) is 12.1 Å². The van der Waals surface area contributed by atoms with Gasteiger partial charge in [-0.3, -0.25) is 9.63 Å². The zero-order valence-corrected chi connectivity index (χ0v) is 9.40. The van der Waals surface area contributed by atoms with Gasteiger partial charge in [0.15, 0.2) is 6.61 Å². The molecule has 0 heterocycles. The van der Waals surface area contributed by atoms with Gasteiger partial charge in [-0.25, -0.2) is 9.87 Å². The predicted octanol–water partition coefficient (Wildman–Crippen LogP) is 3.07. The molecular formula is C10H6F7NO2. The van der Waals surface area contributed by atoms with Crippen molar-refractivity contribution in [1.29, 1.82) is 0 Å². The maximum Gasteiger partial charge on any atom is 0.419 e. The lowest BCUT2D eigenvalue weighted by Crippen LogP contribution is -2.30. The first-order valence-corrected chi connectivity index (χ1v) is 4.87. The van der Waals surface area contributed by atoms with Crippen LogP contribution in [0.4, 0.5) is 30.7 Å². The van der Waals surface area contributed by atoms with Gasteiger partial charge in [0.25, 0.3) is 5.91 Å². The standard InChI is InChI=1S/C10H6F7NO2/c11-7-5(2-1-3-6(7)10(15,16)17)8(19)18-20-4-9(12,13)14/h1-3H,4H2,(H,18,19). The molecule has 20 heavy (non-hydrogen) atoms. The van der Waals surface area contributed by atoms with Crippen LogP contribution in [0.15, 0.2) is 18.2 Å². The molecule has 0 spiro atoms. The number of nitrogens with one attached hydrogen (secondary N) is 1. The Labute approximate surface area is 107 Å². The van der Waals surface area contributed by atoms with E-state index in [9.17, 15) is 35.5 Å². The molecule has 0 atom stereocenters. The van der Waals surface area contributed by atoms with Crippen molar-refractivity contribution < 1.29 is 40.4 Å². The van der Waals surface area contributed by atoms with Crippen LogP contribution in [0.1, 0.15) is 15.9 Å². The summed E-state index contributed by atoms with van der Waals surface area (Å²) < 4.78 is 85.6. The van der Waals surface area contributed by atoms with Crippen LogP contribution < -0.4 is 5.48 Å². The zero-order valence-electron chi connectivity index (χ0n) is 9.40. The maximum atomic E-state index is 13.4. The average molecular weight is 305 g/mol. The number of hydrogen-bond acceptors (Lipinski definition) is 2. The number of rotatable bonds is 3. The SMILES string of the molecule is O=C(NOCC(F)(F)F)c1cccc(C(F)(F)F)c1F. The van der Waals surface area contributed by atoms with Gasteiger partial charge >= 0.3 is 12.4 Å². The van der Waals surface area contributed by atoms with Gasteiger partial charge in [0.05, 0.1) is 11.1 Å². The molecule has 0 fully saturated rings. The van der Waals surface area contributed by atoms with Crippen molar-refractivity contribution in [3.05, 3.63) is 35.1 Å². The normalized spacial score (nSPS) is 12.3. The van der Waals surface area contributed by atoms with E-state index < -0.39 is 41.8 Å². The predicted molar refractivity (Wildman–Crippen MR) is 50.9 cm³/mol. The fraction of sp³-hybridized carbons (Fsp3) is 0.300. The van der Waals surface area contributed by atoms with Crippen LogP contribution in [-0.4, -0.2) is 18.7 Å². The first-order chi connectivity index (χ1) is 9.02. The van der Waals surface area contributed by atoms with Gasteiger partial charge in [-0.15, -0.1) is 0 Å². The lowest BCUT2D eigenvalue weighted by Gasteiger charge is -2.12. The minimum atomic E-state index is -5.03. The highest BCUT2D eigenvalue weighted by molar-refractivity contribution is 5.94. The Morgan fingerprint density at radius 1 is 1.15 bits per heavy atom. The molecule has 1 aromatic carbocycles. The van der Waals surface area contributed by atoms with E-state index in [0.717, 1.165) is 6.07 Å². The Kier molecular flexibility index (Phi) is 4.58.